The average Bonchev–Trinajstić information content (AvgIpc) is 2.97. The van der Waals surface area contributed by atoms with Gasteiger partial charge in [-0.25, -0.2) is 9.37 Å². The van der Waals surface area contributed by atoms with Gasteiger partial charge in [0.1, 0.15) is 12.4 Å². The Balaban J connectivity index is 1.18. The molecule has 1 amide bonds. The molecule has 5 aliphatic rings. The normalized spacial score (nSPS) is 28.6. The summed E-state index contributed by atoms with van der Waals surface area (Å²) in [4.78, 5) is 26.4. The summed E-state index contributed by atoms with van der Waals surface area (Å²) in [5.41, 5.74) is 1.24. The van der Waals surface area contributed by atoms with Crippen molar-refractivity contribution in [3.63, 3.8) is 0 Å². The van der Waals surface area contributed by atoms with Crippen molar-refractivity contribution >= 4 is 29.0 Å². The zero-order chi connectivity index (χ0) is 28.8. The van der Waals surface area contributed by atoms with E-state index in [4.69, 9.17) is 9.47 Å². The molecule has 10 nitrogen and oxygen atoms in total. The fourth-order valence-electron chi connectivity index (χ4n) is 7.51. The molecule has 3 heterocycles. The number of carbonyl (C=O) groups excluding carboxylic acids is 1. The molecule has 1 aromatic heterocycles. The smallest absolute Gasteiger partial charge is 0.229 e. The minimum absolute atomic E-state index is 0.0222. The Kier molecular flexibility index (Phi) is 7.44. The predicted octanol–water partition coefficient (Wildman–Crippen LogP) is 3.49. The molecule has 7 rings (SSSR count). The molecule has 41 heavy (non-hydrogen) atoms. The van der Waals surface area contributed by atoms with Crippen LogP contribution in [-0.2, 0) is 9.53 Å². The van der Waals surface area contributed by atoms with Gasteiger partial charge < -0.3 is 30.3 Å². The maximum absolute atomic E-state index is 15.1. The van der Waals surface area contributed by atoms with Crippen LogP contribution >= 0.6 is 0 Å². The summed E-state index contributed by atoms with van der Waals surface area (Å²) in [6.07, 6.45) is 2.96. The number of fused-ring (bicyclic) bond motifs is 3. The Morgan fingerprint density at radius 2 is 1.93 bits per heavy atom. The highest BCUT2D eigenvalue weighted by Crippen LogP contribution is 2.65. The molecular weight excluding hydrogens is 525 g/mol. The monoisotopic (exact) mass is 567 g/mol. The van der Waals surface area contributed by atoms with Gasteiger partial charge >= 0.3 is 0 Å². The number of hydrogen-bond acceptors (Lipinski definition) is 9. The van der Waals surface area contributed by atoms with E-state index in [9.17, 15) is 4.79 Å². The molecule has 1 saturated heterocycles. The van der Waals surface area contributed by atoms with Crippen LogP contribution in [0.25, 0.3) is 0 Å². The van der Waals surface area contributed by atoms with Crippen molar-refractivity contribution in [1.82, 2.24) is 20.2 Å². The van der Waals surface area contributed by atoms with Crippen molar-refractivity contribution in [1.29, 1.82) is 0 Å². The Hall–Kier alpha value is -3.18. The van der Waals surface area contributed by atoms with Crippen LogP contribution in [0.2, 0.25) is 0 Å². The zero-order valence-corrected chi connectivity index (χ0v) is 24.5. The summed E-state index contributed by atoms with van der Waals surface area (Å²) >= 11 is 0. The highest BCUT2D eigenvalue weighted by atomic mass is 19.1. The summed E-state index contributed by atoms with van der Waals surface area (Å²) in [7, 11) is 1.66. The second-order valence-electron chi connectivity index (χ2n) is 12.6. The molecule has 3 N–H and O–H groups in total. The molecule has 0 radical (unpaired) electrons. The molecule has 222 valence electrons. The zero-order valence-electron chi connectivity index (χ0n) is 24.5. The van der Waals surface area contributed by atoms with Gasteiger partial charge in [-0.3, -0.25) is 9.69 Å². The van der Waals surface area contributed by atoms with Crippen LogP contribution in [0.15, 0.2) is 24.4 Å². The van der Waals surface area contributed by atoms with Crippen LogP contribution < -0.4 is 25.6 Å². The standard InChI is InChI=1S/C30H42FN7O3/c1-29(2)19-15-21(27(39)32-4)30(3,25(29)16-19)36-26-22(31)18-33-28(35-26)34-20-5-6-23-24(17-20)41-14-11-38(23)8-7-37-9-12-40-13-10-37/h5-6,17-19,21,25H,7-16H2,1-4H3,(H,32,39)(H2,33,34,35,36)/t19-,21+,25+,30-/m0/s1. The number of anilines is 4. The fraction of sp³-hybridized carbons (Fsp3) is 0.633. The number of halogens is 1. The minimum Gasteiger partial charge on any atom is -0.489 e. The number of aromatic nitrogens is 2. The first-order valence-electron chi connectivity index (χ1n) is 14.8. The van der Waals surface area contributed by atoms with Gasteiger partial charge in [-0.15, -0.1) is 0 Å². The number of benzene rings is 1. The Morgan fingerprint density at radius 3 is 2.68 bits per heavy atom. The Labute approximate surface area is 241 Å². The molecule has 2 aromatic rings. The summed E-state index contributed by atoms with van der Waals surface area (Å²) in [6, 6.07) is 5.96. The SMILES string of the molecule is CNC(=O)[C@H]1C[C@H]2C[C@H](C2(C)C)[C@@]1(C)Nc1nc(Nc2ccc3c(c2)OCCN3CCN2CCOCC2)ncc1F. The van der Waals surface area contributed by atoms with E-state index in [1.165, 1.54) is 6.20 Å². The molecule has 4 atom stereocenters. The van der Waals surface area contributed by atoms with Gasteiger partial charge in [-0.2, -0.15) is 4.98 Å². The highest BCUT2D eigenvalue weighted by Gasteiger charge is 2.64. The van der Waals surface area contributed by atoms with Crippen LogP contribution in [0, 0.1) is 29.0 Å². The summed E-state index contributed by atoms with van der Waals surface area (Å²) in [6.45, 7) is 13.4. The molecule has 0 unspecified atom stereocenters. The van der Waals surface area contributed by atoms with Crippen molar-refractivity contribution in [3.05, 3.63) is 30.2 Å². The molecule has 0 spiro atoms. The Morgan fingerprint density at radius 1 is 1.12 bits per heavy atom. The van der Waals surface area contributed by atoms with Crippen molar-refractivity contribution in [2.45, 2.75) is 39.2 Å². The molecular formula is C30H42FN7O3. The number of nitrogens with one attached hydrogen (secondary N) is 3. The second-order valence-corrected chi connectivity index (χ2v) is 12.6. The highest BCUT2D eigenvalue weighted by molar-refractivity contribution is 5.81. The first-order chi connectivity index (χ1) is 19.7. The van der Waals surface area contributed by atoms with Gasteiger partial charge in [0.05, 0.1) is 43.1 Å². The lowest BCUT2D eigenvalue weighted by molar-refractivity contribution is -0.155. The largest absolute Gasteiger partial charge is 0.489 e. The van der Waals surface area contributed by atoms with Crippen LogP contribution in [-0.4, -0.2) is 85.9 Å². The fourth-order valence-corrected chi connectivity index (χ4v) is 7.51. The van der Waals surface area contributed by atoms with E-state index in [0.717, 1.165) is 75.9 Å². The first-order valence-corrected chi connectivity index (χ1v) is 14.8. The first kappa shape index (κ1) is 28.0. The molecule has 2 aliphatic heterocycles. The predicted molar refractivity (Wildman–Crippen MR) is 156 cm³/mol. The third-order valence-electron chi connectivity index (χ3n) is 10.1. The maximum Gasteiger partial charge on any atom is 0.229 e. The van der Waals surface area contributed by atoms with Gasteiger partial charge in [0.25, 0.3) is 0 Å². The summed E-state index contributed by atoms with van der Waals surface area (Å²) < 4.78 is 26.6. The number of rotatable bonds is 8. The van der Waals surface area contributed by atoms with E-state index < -0.39 is 11.4 Å². The van der Waals surface area contributed by atoms with E-state index in [-0.39, 0.29) is 34.9 Å². The van der Waals surface area contributed by atoms with Crippen molar-refractivity contribution in [2.75, 3.05) is 75.1 Å². The van der Waals surface area contributed by atoms with E-state index >= 15 is 4.39 Å². The lowest BCUT2D eigenvalue weighted by atomic mass is 9.40. The van der Waals surface area contributed by atoms with Crippen LogP contribution in [0.5, 0.6) is 5.75 Å². The lowest BCUT2D eigenvalue weighted by Crippen LogP contribution is -2.69. The number of carbonyl (C=O) groups is 1. The van der Waals surface area contributed by atoms with E-state index in [2.05, 4.69) is 49.6 Å². The second kappa shape index (κ2) is 10.9. The number of ether oxygens (including phenoxy) is 2. The van der Waals surface area contributed by atoms with Gasteiger partial charge in [0.15, 0.2) is 11.6 Å². The van der Waals surface area contributed by atoms with E-state index in [1.54, 1.807) is 7.05 Å². The number of amides is 1. The molecule has 4 fully saturated rings. The van der Waals surface area contributed by atoms with E-state index in [0.29, 0.717) is 12.5 Å². The topological polar surface area (TPSA) is 104 Å². The molecule has 2 bridgehead atoms. The van der Waals surface area contributed by atoms with Gasteiger partial charge in [0.2, 0.25) is 11.9 Å². The van der Waals surface area contributed by atoms with Crippen molar-refractivity contribution < 1.29 is 18.7 Å². The molecule has 3 aliphatic carbocycles. The third kappa shape index (κ3) is 5.18. The third-order valence-corrected chi connectivity index (χ3v) is 10.1. The number of hydrogen-bond donors (Lipinski definition) is 3. The van der Waals surface area contributed by atoms with Crippen LogP contribution in [0.1, 0.15) is 33.6 Å². The van der Waals surface area contributed by atoms with Gasteiger partial charge in [-0.1, -0.05) is 13.8 Å². The number of morpholine rings is 1. The average molecular weight is 568 g/mol. The summed E-state index contributed by atoms with van der Waals surface area (Å²) in [5.74, 6) is 1.03. The van der Waals surface area contributed by atoms with Crippen molar-refractivity contribution in [2.24, 2.45) is 23.2 Å². The van der Waals surface area contributed by atoms with Crippen LogP contribution in [0.3, 0.4) is 0 Å². The molecule has 3 saturated carbocycles. The van der Waals surface area contributed by atoms with Crippen LogP contribution in [0.4, 0.5) is 27.5 Å². The van der Waals surface area contributed by atoms with Crippen molar-refractivity contribution in [3.8, 4) is 5.75 Å². The Bertz CT molecular complexity index is 1290. The molecule has 11 heteroatoms. The van der Waals surface area contributed by atoms with Gasteiger partial charge in [-0.05, 0) is 49.1 Å². The quantitative estimate of drug-likeness (QED) is 0.442. The number of nitrogens with zero attached hydrogens (tertiary/aromatic N) is 4. The minimum atomic E-state index is -0.644. The lowest BCUT2D eigenvalue weighted by Gasteiger charge is -2.66. The molecule has 1 aromatic carbocycles. The van der Waals surface area contributed by atoms with Gasteiger partial charge in [0, 0.05) is 45.0 Å². The maximum atomic E-state index is 15.1. The summed E-state index contributed by atoms with van der Waals surface area (Å²) in [5, 5.41) is 9.43. The van der Waals surface area contributed by atoms with E-state index in [1.807, 2.05) is 25.1 Å².